The average molecular weight is 392 g/mol. The highest BCUT2D eigenvalue weighted by Gasteiger charge is 2.20. The standard InChI is InChI=1S/C24H28N2O3/c1-3-4-9-23(27)25-19-10-11-22(21(16-19)24(28)29)26-14-12-18(13-15-26)20-8-6-5-7-17(20)2/h5-8,10-12,16H,3-4,9,13-15H2,1-2H3,(H,25,27)(H,28,29). The van der Waals surface area contributed by atoms with Crippen molar-refractivity contribution in [2.75, 3.05) is 23.3 Å². The van der Waals surface area contributed by atoms with E-state index in [4.69, 9.17) is 0 Å². The lowest BCUT2D eigenvalue weighted by Gasteiger charge is -2.30. The molecule has 2 aromatic carbocycles. The molecule has 3 rings (SSSR count). The Morgan fingerprint density at radius 2 is 1.97 bits per heavy atom. The van der Waals surface area contributed by atoms with Gasteiger partial charge in [-0.2, -0.15) is 0 Å². The number of carboxylic acids is 1. The van der Waals surface area contributed by atoms with Gasteiger partial charge in [0.2, 0.25) is 5.91 Å². The number of hydrogen-bond donors (Lipinski definition) is 2. The van der Waals surface area contributed by atoms with Crippen LogP contribution in [0.2, 0.25) is 0 Å². The van der Waals surface area contributed by atoms with Gasteiger partial charge in [0.05, 0.1) is 11.3 Å². The van der Waals surface area contributed by atoms with Crippen LogP contribution in [0.15, 0.2) is 48.5 Å². The monoisotopic (exact) mass is 392 g/mol. The predicted octanol–water partition coefficient (Wildman–Crippen LogP) is 5.12. The molecule has 0 aliphatic carbocycles. The van der Waals surface area contributed by atoms with E-state index in [0.29, 0.717) is 24.3 Å². The summed E-state index contributed by atoms with van der Waals surface area (Å²) in [7, 11) is 0. The summed E-state index contributed by atoms with van der Waals surface area (Å²) < 4.78 is 0. The Kier molecular flexibility index (Phi) is 6.70. The lowest BCUT2D eigenvalue weighted by molar-refractivity contribution is -0.116. The van der Waals surface area contributed by atoms with Crippen LogP contribution in [0.25, 0.3) is 5.57 Å². The molecule has 0 fully saturated rings. The molecule has 152 valence electrons. The fraction of sp³-hybridized carbons (Fsp3) is 0.333. The molecule has 0 saturated carbocycles. The first-order chi connectivity index (χ1) is 14.0. The maximum atomic E-state index is 12.0. The molecule has 0 aromatic heterocycles. The van der Waals surface area contributed by atoms with Crippen molar-refractivity contribution < 1.29 is 14.7 Å². The number of aromatic carboxylic acids is 1. The predicted molar refractivity (Wildman–Crippen MR) is 118 cm³/mol. The quantitative estimate of drug-likeness (QED) is 0.686. The summed E-state index contributed by atoms with van der Waals surface area (Å²) in [6.45, 7) is 5.55. The van der Waals surface area contributed by atoms with Crippen LogP contribution < -0.4 is 10.2 Å². The van der Waals surface area contributed by atoms with Gasteiger partial charge in [-0.25, -0.2) is 4.79 Å². The van der Waals surface area contributed by atoms with Crippen LogP contribution in [0.5, 0.6) is 0 Å². The Balaban J connectivity index is 1.78. The Hall–Kier alpha value is -3.08. The lowest BCUT2D eigenvalue weighted by Crippen LogP contribution is -2.30. The van der Waals surface area contributed by atoms with E-state index in [2.05, 4.69) is 35.3 Å². The van der Waals surface area contributed by atoms with Crippen molar-refractivity contribution in [1.29, 1.82) is 0 Å². The van der Waals surface area contributed by atoms with Crippen molar-refractivity contribution in [3.8, 4) is 0 Å². The van der Waals surface area contributed by atoms with Gasteiger partial charge in [-0.1, -0.05) is 43.7 Å². The number of nitrogens with zero attached hydrogens (tertiary/aromatic N) is 1. The molecule has 1 heterocycles. The third-order valence-corrected chi connectivity index (χ3v) is 5.31. The van der Waals surface area contributed by atoms with E-state index < -0.39 is 5.97 Å². The average Bonchev–Trinajstić information content (AvgIpc) is 2.73. The molecule has 0 spiro atoms. The second kappa shape index (κ2) is 9.41. The number of nitrogens with one attached hydrogen (secondary N) is 1. The van der Waals surface area contributed by atoms with Crippen molar-refractivity contribution in [3.63, 3.8) is 0 Å². The lowest BCUT2D eigenvalue weighted by atomic mass is 9.95. The van der Waals surface area contributed by atoms with Gasteiger partial charge in [0.15, 0.2) is 0 Å². The molecule has 1 aliphatic heterocycles. The Labute approximate surface area is 172 Å². The minimum atomic E-state index is -0.988. The number of hydrogen-bond acceptors (Lipinski definition) is 3. The first kappa shape index (κ1) is 20.6. The number of aryl methyl sites for hydroxylation is 1. The van der Waals surface area contributed by atoms with E-state index in [1.165, 1.54) is 16.7 Å². The molecule has 5 nitrogen and oxygen atoms in total. The Morgan fingerprint density at radius 1 is 1.17 bits per heavy atom. The Bertz CT molecular complexity index is 933. The normalized spacial score (nSPS) is 13.7. The van der Waals surface area contributed by atoms with E-state index in [1.807, 2.05) is 19.1 Å². The zero-order valence-electron chi connectivity index (χ0n) is 17.1. The second-order valence-corrected chi connectivity index (χ2v) is 7.43. The molecule has 0 bridgehead atoms. The van der Waals surface area contributed by atoms with Gasteiger partial charge in [-0.3, -0.25) is 4.79 Å². The van der Waals surface area contributed by atoms with Crippen molar-refractivity contribution in [3.05, 3.63) is 65.2 Å². The third-order valence-electron chi connectivity index (χ3n) is 5.31. The molecule has 2 aromatic rings. The summed E-state index contributed by atoms with van der Waals surface area (Å²) in [5.74, 6) is -1.07. The van der Waals surface area contributed by atoms with Crippen molar-refractivity contribution in [2.45, 2.75) is 39.5 Å². The molecular weight excluding hydrogens is 364 g/mol. The number of unbranched alkanes of at least 4 members (excludes halogenated alkanes) is 1. The van der Waals surface area contributed by atoms with E-state index >= 15 is 0 Å². The number of carboxylic acid groups (broad SMARTS) is 1. The molecule has 0 unspecified atom stereocenters. The van der Waals surface area contributed by atoms with Crippen molar-refractivity contribution in [1.82, 2.24) is 0 Å². The number of rotatable bonds is 7. The zero-order chi connectivity index (χ0) is 20.8. The van der Waals surface area contributed by atoms with Gasteiger partial charge < -0.3 is 15.3 Å². The second-order valence-electron chi connectivity index (χ2n) is 7.43. The Morgan fingerprint density at radius 3 is 2.62 bits per heavy atom. The summed E-state index contributed by atoms with van der Waals surface area (Å²) in [6.07, 6.45) is 5.25. The summed E-state index contributed by atoms with van der Waals surface area (Å²) in [6, 6.07) is 13.5. The number of benzene rings is 2. The van der Waals surface area contributed by atoms with Crippen molar-refractivity contribution >= 4 is 28.8 Å². The first-order valence-electron chi connectivity index (χ1n) is 10.2. The van der Waals surface area contributed by atoms with E-state index in [-0.39, 0.29) is 11.5 Å². The van der Waals surface area contributed by atoms with Crippen LogP contribution in [0.3, 0.4) is 0 Å². The van der Waals surface area contributed by atoms with Gasteiger partial charge in [0.1, 0.15) is 0 Å². The first-order valence-corrected chi connectivity index (χ1v) is 10.2. The van der Waals surface area contributed by atoms with Crippen LogP contribution in [0.1, 0.15) is 54.1 Å². The third kappa shape index (κ3) is 5.05. The molecule has 1 aliphatic rings. The van der Waals surface area contributed by atoms with Gasteiger partial charge in [0, 0.05) is 25.2 Å². The van der Waals surface area contributed by atoms with Gasteiger partial charge in [0.25, 0.3) is 0 Å². The molecule has 5 heteroatoms. The van der Waals surface area contributed by atoms with Crippen LogP contribution in [-0.4, -0.2) is 30.1 Å². The molecular formula is C24H28N2O3. The smallest absolute Gasteiger partial charge is 0.337 e. The van der Waals surface area contributed by atoms with E-state index in [1.54, 1.807) is 18.2 Å². The van der Waals surface area contributed by atoms with Crippen LogP contribution in [-0.2, 0) is 4.79 Å². The van der Waals surface area contributed by atoms with Gasteiger partial charge in [-0.05, 0) is 54.7 Å². The van der Waals surface area contributed by atoms with Gasteiger partial charge >= 0.3 is 5.97 Å². The molecule has 0 atom stereocenters. The summed E-state index contributed by atoms with van der Waals surface area (Å²) in [5, 5.41) is 12.5. The maximum Gasteiger partial charge on any atom is 0.337 e. The largest absolute Gasteiger partial charge is 0.478 e. The summed E-state index contributed by atoms with van der Waals surface area (Å²) in [5.41, 5.74) is 5.24. The number of carbonyl (C=O) groups is 2. The highest BCUT2D eigenvalue weighted by Crippen LogP contribution is 2.30. The molecule has 29 heavy (non-hydrogen) atoms. The fourth-order valence-electron chi connectivity index (χ4n) is 3.69. The highest BCUT2D eigenvalue weighted by molar-refractivity contribution is 5.98. The number of carbonyl (C=O) groups excluding carboxylic acids is 1. The minimum absolute atomic E-state index is 0.0836. The van der Waals surface area contributed by atoms with Crippen molar-refractivity contribution in [2.24, 2.45) is 0 Å². The van der Waals surface area contributed by atoms with Crippen LogP contribution in [0, 0.1) is 6.92 Å². The molecule has 0 saturated heterocycles. The number of amides is 1. The van der Waals surface area contributed by atoms with Crippen LogP contribution in [0.4, 0.5) is 11.4 Å². The minimum Gasteiger partial charge on any atom is -0.478 e. The summed E-state index contributed by atoms with van der Waals surface area (Å²) in [4.78, 5) is 25.9. The maximum absolute atomic E-state index is 12.0. The molecule has 2 N–H and O–H groups in total. The molecule has 0 radical (unpaired) electrons. The van der Waals surface area contributed by atoms with E-state index in [9.17, 15) is 14.7 Å². The molecule has 1 amide bonds. The topological polar surface area (TPSA) is 69.6 Å². The SMILES string of the molecule is CCCCC(=O)Nc1ccc(N2CC=C(c3ccccc3C)CC2)c(C(=O)O)c1. The summed E-state index contributed by atoms with van der Waals surface area (Å²) >= 11 is 0. The van der Waals surface area contributed by atoms with Crippen LogP contribution >= 0.6 is 0 Å². The zero-order valence-corrected chi connectivity index (χ0v) is 17.1. The van der Waals surface area contributed by atoms with Gasteiger partial charge in [-0.15, -0.1) is 0 Å². The highest BCUT2D eigenvalue weighted by atomic mass is 16.4. The number of anilines is 2. The van der Waals surface area contributed by atoms with E-state index in [0.717, 1.165) is 25.8 Å². The fourth-order valence-corrected chi connectivity index (χ4v) is 3.69.